The van der Waals surface area contributed by atoms with Crippen molar-refractivity contribution < 1.29 is 0 Å². The Balaban J connectivity index is 1.55. The third-order valence-electron chi connectivity index (χ3n) is 4.17. The van der Waals surface area contributed by atoms with Gasteiger partial charge in [0.25, 0.3) is 0 Å². The van der Waals surface area contributed by atoms with Gasteiger partial charge in [-0.05, 0) is 43.8 Å². The summed E-state index contributed by atoms with van der Waals surface area (Å²) in [4.78, 5) is 2.62. The molecule has 0 aliphatic carbocycles. The van der Waals surface area contributed by atoms with Crippen LogP contribution in [0.1, 0.15) is 30.7 Å². The zero-order valence-electron chi connectivity index (χ0n) is 10.4. The van der Waals surface area contributed by atoms with Crippen molar-refractivity contribution in [2.24, 2.45) is 0 Å². The summed E-state index contributed by atoms with van der Waals surface area (Å²) >= 11 is 0. The molecule has 1 aromatic carbocycles. The molecule has 17 heavy (non-hydrogen) atoms. The van der Waals surface area contributed by atoms with Crippen LogP contribution in [-0.2, 0) is 0 Å². The Morgan fingerprint density at radius 1 is 1.12 bits per heavy atom. The molecule has 2 aliphatic rings. The highest BCUT2D eigenvalue weighted by Gasteiger charge is 2.27. The highest BCUT2D eigenvalue weighted by Crippen LogP contribution is 2.26. The van der Waals surface area contributed by atoms with Crippen LogP contribution in [0.2, 0.25) is 0 Å². The molecule has 2 aliphatic heterocycles. The lowest BCUT2D eigenvalue weighted by Gasteiger charge is -2.19. The predicted molar refractivity (Wildman–Crippen MR) is 71.3 cm³/mol. The van der Waals surface area contributed by atoms with Crippen LogP contribution in [0.25, 0.3) is 0 Å². The lowest BCUT2D eigenvalue weighted by atomic mass is 9.96. The van der Waals surface area contributed by atoms with E-state index < -0.39 is 0 Å². The summed E-state index contributed by atoms with van der Waals surface area (Å²) in [5.74, 6) is 0.726. The maximum Gasteiger partial charge on any atom is 0.0201 e. The lowest BCUT2D eigenvalue weighted by Crippen LogP contribution is -2.35. The Morgan fingerprint density at radius 3 is 2.65 bits per heavy atom. The van der Waals surface area contributed by atoms with Crippen molar-refractivity contribution in [3.05, 3.63) is 35.9 Å². The molecule has 0 amide bonds. The van der Waals surface area contributed by atoms with Crippen molar-refractivity contribution in [1.82, 2.24) is 10.2 Å². The molecule has 0 aromatic heterocycles. The van der Waals surface area contributed by atoms with Crippen LogP contribution < -0.4 is 5.32 Å². The molecule has 0 spiro atoms. The summed E-state index contributed by atoms with van der Waals surface area (Å²) in [6, 6.07) is 11.7. The highest BCUT2D eigenvalue weighted by atomic mass is 15.2. The minimum absolute atomic E-state index is 0.707. The summed E-state index contributed by atoms with van der Waals surface area (Å²) in [6.07, 6.45) is 4.10. The van der Waals surface area contributed by atoms with Gasteiger partial charge in [-0.25, -0.2) is 0 Å². The molecular weight excluding hydrogens is 208 g/mol. The van der Waals surface area contributed by atoms with Crippen molar-refractivity contribution >= 4 is 0 Å². The fraction of sp³-hybridized carbons (Fsp3) is 0.600. The monoisotopic (exact) mass is 230 g/mol. The molecule has 0 bridgehead atoms. The molecule has 3 rings (SSSR count). The lowest BCUT2D eigenvalue weighted by molar-refractivity contribution is 0.302. The van der Waals surface area contributed by atoms with Crippen LogP contribution in [-0.4, -0.2) is 37.1 Å². The van der Waals surface area contributed by atoms with Crippen molar-refractivity contribution in [2.75, 3.05) is 26.2 Å². The van der Waals surface area contributed by atoms with E-state index in [1.807, 2.05) is 0 Å². The third kappa shape index (κ3) is 2.70. The third-order valence-corrected chi connectivity index (χ3v) is 4.17. The zero-order valence-corrected chi connectivity index (χ0v) is 10.4. The van der Waals surface area contributed by atoms with Gasteiger partial charge in [-0.1, -0.05) is 30.3 Å². The summed E-state index contributed by atoms with van der Waals surface area (Å²) in [7, 11) is 0. The normalized spacial score (nSPS) is 29.9. The molecule has 2 atom stereocenters. The first-order valence-corrected chi connectivity index (χ1v) is 6.92. The van der Waals surface area contributed by atoms with Gasteiger partial charge < -0.3 is 10.2 Å². The average molecular weight is 230 g/mol. The molecule has 2 saturated heterocycles. The molecule has 0 saturated carbocycles. The molecule has 2 nitrogen and oxygen atoms in total. The van der Waals surface area contributed by atoms with Gasteiger partial charge in [0.15, 0.2) is 0 Å². The summed E-state index contributed by atoms with van der Waals surface area (Å²) < 4.78 is 0. The average Bonchev–Trinajstić information content (AvgIpc) is 3.02. The van der Waals surface area contributed by atoms with E-state index in [0.29, 0.717) is 6.04 Å². The number of nitrogens with one attached hydrogen (secondary N) is 1. The number of likely N-dealkylation sites (tertiary alicyclic amines) is 1. The maximum absolute atomic E-state index is 3.69. The number of benzene rings is 1. The largest absolute Gasteiger partial charge is 0.312 e. The second-order valence-electron chi connectivity index (χ2n) is 5.46. The Labute approximate surface area is 104 Å². The van der Waals surface area contributed by atoms with Gasteiger partial charge in [0.2, 0.25) is 0 Å². The first kappa shape index (κ1) is 11.2. The molecule has 1 aromatic rings. The number of hydrogen-bond acceptors (Lipinski definition) is 2. The Kier molecular flexibility index (Phi) is 3.44. The van der Waals surface area contributed by atoms with E-state index in [1.165, 1.54) is 44.5 Å². The number of rotatable bonds is 3. The molecule has 92 valence electrons. The van der Waals surface area contributed by atoms with Crippen LogP contribution >= 0.6 is 0 Å². The number of hydrogen-bond donors (Lipinski definition) is 1. The van der Waals surface area contributed by atoms with Gasteiger partial charge in [0.05, 0.1) is 0 Å². The molecule has 1 N–H and O–H groups in total. The number of nitrogens with zero attached hydrogens (tertiary/aromatic N) is 1. The first-order chi connectivity index (χ1) is 8.42. The molecule has 2 heterocycles. The smallest absolute Gasteiger partial charge is 0.0201 e. The first-order valence-electron chi connectivity index (χ1n) is 6.92. The summed E-state index contributed by atoms with van der Waals surface area (Å²) in [5, 5.41) is 3.69. The fourth-order valence-electron chi connectivity index (χ4n) is 3.21. The fourth-order valence-corrected chi connectivity index (χ4v) is 3.21. The van der Waals surface area contributed by atoms with Crippen LogP contribution in [0.15, 0.2) is 30.3 Å². The molecule has 2 unspecified atom stereocenters. The van der Waals surface area contributed by atoms with E-state index in [0.717, 1.165) is 12.5 Å². The van der Waals surface area contributed by atoms with E-state index in [9.17, 15) is 0 Å². The SMILES string of the molecule is c1ccc(C2CNC(CN3CCCC3)C2)cc1. The van der Waals surface area contributed by atoms with Crippen LogP contribution in [0.3, 0.4) is 0 Å². The van der Waals surface area contributed by atoms with Crippen molar-refractivity contribution in [1.29, 1.82) is 0 Å². The second kappa shape index (κ2) is 5.19. The van der Waals surface area contributed by atoms with Crippen molar-refractivity contribution in [2.45, 2.75) is 31.2 Å². The Bertz CT molecular complexity index is 343. The van der Waals surface area contributed by atoms with Gasteiger partial charge in [-0.3, -0.25) is 0 Å². The van der Waals surface area contributed by atoms with Gasteiger partial charge >= 0.3 is 0 Å². The highest BCUT2D eigenvalue weighted by molar-refractivity contribution is 5.21. The standard InChI is InChI=1S/C15H22N2/c1-2-6-13(7-3-1)14-10-15(16-11-14)12-17-8-4-5-9-17/h1-3,6-7,14-16H,4-5,8-12H2. The van der Waals surface area contributed by atoms with E-state index in [-0.39, 0.29) is 0 Å². The minimum Gasteiger partial charge on any atom is -0.312 e. The van der Waals surface area contributed by atoms with Crippen LogP contribution in [0, 0.1) is 0 Å². The second-order valence-corrected chi connectivity index (χ2v) is 5.46. The van der Waals surface area contributed by atoms with E-state index in [4.69, 9.17) is 0 Å². The van der Waals surface area contributed by atoms with Gasteiger partial charge in [0.1, 0.15) is 0 Å². The van der Waals surface area contributed by atoms with Gasteiger partial charge in [0, 0.05) is 19.1 Å². The Morgan fingerprint density at radius 2 is 1.88 bits per heavy atom. The van der Waals surface area contributed by atoms with Crippen molar-refractivity contribution in [3.63, 3.8) is 0 Å². The topological polar surface area (TPSA) is 15.3 Å². The van der Waals surface area contributed by atoms with Gasteiger partial charge in [-0.15, -0.1) is 0 Å². The van der Waals surface area contributed by atoms with E-state index in [1.54, 1.807) is 0 Å². The summed E-state index contributed by atoms with van der Waals surface area (Å²) in [6.45, 7) is 5.04. The van der Waals surface area contributed by atoms with Crippen LogP contribution in [0.5, 0.6) is 0 Å². The Hall–Kier alpha value is -0.860. The van der Waals surface area contributed by atoms with Gasteiger partial charge in [-0.2, -0.15) is 0 Å². The zero-order chi connectivity index (χ0) is 11.5. The molecule has 2 fully saturated rings. The van der Waals surface area contributed by atoms with Crippen molar-refractivity contribution in [3.8, 4) is 0 Å². The molecule has 2 heteroatoms. The quantitative estimate of drug-likeness (QED) is 0.856. The molecule has 0 radical (unpaired) electrons. The maximum atomic E-state index is 3.69. The van der Waals surface area contributed by atoms with E-state index in [2.05, 4.69) is 40.5 Å². The minimum atomic E-state index is 0.707. The molecular formula is C15H22N2. The van der Waals surface area contributed by atoms with Crippen LogP contribution in [0.4, 0.5) is 0 Å². The predicted octanol–water partition coefficient (Wildman–Crippen LogP) is 2.23. The summed E-state index contributed by atoms with van der Waals surface area (Å²) in [5.41, 5.74) is 1.50. The van der Waals surface area contributed by atoms with E-state index >= 15 is 0 Å².